The van der Waals surface area contributed by atoms with Crippen molar-refractivity contribution in [1.29, 1.82) is 0 Å². The SMILES string of the molecule is Cc1nc2ccccc2n1CCNC(=O)Nc1cnn(C)c1. The molecule has 114 valence electrons. The molecule has 2 N–H and O–H groups in total. The number of amides is 2. The Morgan fingerprint density at radius 2 is 2.14 bits per heavy atom. The van der Waals surface area contributed by atoms with Crippen molar-refractivity contribution in [3.8, 4) is 0 Å². The number of urea groups is 1. The maximum absolute atomic E-state index is 11.8. The van der Waals surface area contributed by atoms with Gasteiger partial charge >= 0.3 is 6.03 Å². The van der Waals surface area contributed by atoms with Crippen LogP contribution in [0.15, 0.2) is 36.7 Å². The summed E-state index contributed by atoms with van der Waals surface area (Å²) >= 11 is 0. The number of para-hydroxylation sites is 2. The van der Waals surface area contributed by atoms with E-state index in [1.54, 1.807) is 24.1 Å². The van der Waals surface area contributed by atoms with Crippen LogP contribution in [0.3, 0.4) is 0 Å². The second-order valence-electron chi connectivity index (χ2n) is 5.08. The number of benzene rings is 1. The van der Waals surface area contributed by atoms with Gasteiger partial charge in [0.2, 0.25) is 0 Å². The second-order valence-corrected chi connectivity index (χ2v) is 5.08. The zero-order chi connectivity index (χ0) is 15.5. The number of anilines is 1. The van der Waals surface area contributed by atoms with Crippen molar-refractivity contribution in [3.63, 3.8) is 0 Å². The van der Waals surface area contributed by atoms with Gasteiger partial charge < -0.3 is 15.2 Å². The summed E-state index contributed by atoms with van der Waals surface area (Å²) in [5, 5.41) is 9.57. The lowest BCUT2D eigenvalue weighted by Gasteiger charge is -2.09. The quantitative estimate of drug-likeness (QED) is 0.772. The van der Waals surface area contributed by atoms with Crippen molar-refractivity contribution in [2.24, 2.45) is 7.05 Å². The van der Waals surface area contributed by atoms with Crippen LogP contribution in [0.25, 0.3) is 11.0 Å². The number of imidazole rings is 1. The van der Waals surface area contributed by atoms with E-state index in [-0.39, 0.29) is 6.03 Å². The molecule has 0 unspecified atom stereocenters. The lowest BCUT2D eigenvalue weighted by Crippen LogP contribution is -2.31. The first-order valence-electron chi connectivity index (χ1n) is 7.09. The van der Waals surface area contributed by atoms with E-state index in [0.29, 0.717) is 18.8 Å². The number of rotatable bonds is 4. The highest BCUT2D eigenvalue weighted by atomic mass is 16.2. The summed E-state index contributed by atoms with van der Waals surface area (Å²) in [7, 11) is 1.80. The first-order valence-corrected chi connectivity index (χ1v) is 7.09. The topological polar surface area (TPSA) is 76.8 Å². The molecule has 0 aliphatic carbocycles. The molecule has 0 aliphatic heterocycles. The van der Waals surface area contributed by atoms with E-state index in [1.165, 1.54) is 0 Å². The molecule has 3 rings (SSSR count). The number of nitrogens with zero attached hydrogens (tertiary/aromatic N) is 4. The van der Waals surface area contributed by atoms with Gasteiger partial charge in [0.25, 0.3) is 0 Å². The number of aromatic nitrogens is 4. The molecule has 0 atom stereocenters. The maximum atomic E-state index is 11.8. The molecule has 7 nitrogen and oxygen atoms in total. The normalized spacial score (nSPS) is 10.8. The lowest BCUT2D eigenvalue weighted by atomic mass is 10.3. The number of fused-ring (bicyclic) bond motifs is 1. The van der Waals surface area contributed by atoms with E-state index in [0.717, 1.165) is 16.9 Å². The standard InChI is InChI=1S/C15H18N6O/c1-11-18-13-5-3-4-6-14(13)21(11)8-7-16-15(22)19-12-9-17-20(2)10-12/h3-6,9-10H,7-8H2,1-2H3,(H2,16,19,22). The Bertz CT molecular complexity index is 803. The van der Waals surface area contributed by atoms with Crippen LogP contribution in [0.1, 0.15) is 5.82 Å². The number of aryl methyl sites for hydroxylation is 2. The van der Waals surface area contributed by atoms with Crippen LogP contribution in [0, 0.1) is 6.92 Å². The highest BCUT2D eigenvalue weighted by molar-refractivity contribution is 5.88. The van der Waals surface area contributed by atoms with Crippen LogP contribution >= 0.6 is 0 Å². The number of hydrogen-bond acceptors (Lipinski definition) is 3. The molecule has 0 spiro atoms. The molecule has 0 saturated heterocycles. The van der Waals surface area contributed by atoms with Gasteiger partial charge in [0.05, 0.1) is 22.9 Å². The number of hydrogen-bond donors (Lipinski definition) is 2. The highest BCUT2D eigenvalue weighted by Crippen LogP contribution is 2.14. The third-order valence-electron chi connectivity index (χ3n) is 3.43. The molecule has 0 radical (unpaired) electrons. The van der Waals surface area contributed by atoms with E-state index in [4.69, 9.17) is 0 Å². The molecule has 3 aromatic rings. The summed E-state index contributed by atoms with van der Waals surface area (Å²) in [4.78, 5) is 16.3. The highest BCUT2D eigenvalue weighted by Gasteiger charge is 2.07. The van der Waals surface area contributed by atoms with E-state index in [2.05, 4.69) is 25.3 Å². The van der Waals surface area contributed by atoms with E-state index in [1.807, 2.05) is 31.2 Å². The first kappa shape index (κ1) is 14.1. The zero-order valence-corrected chi connectivity index (χ0v) is 12.6. The summed E-state index contributed by atoms with van der Waals surface area (Å²) in [5.74, 6) is 0.940. The van der Waals surface area contributed by atoms with Crippen molar-refractivity contribution < 1.29 is 4.79 Å². The van der Waals surface area contributed by atoms with Gasteiger partial charge in [0.15, 0.2) is 0 Å². The van der Waals surface area contributed by atoms with Crippen LogP contribution in [-0.2, 0) is 13.6 Å². The van der Waals surface area contributed by atoms with Gasteiger partial charge in [-0.25, -0.2) is 9.78 Å². The van der Waals surface area contributed by atoms with Crippen LogP contribution < -0.4 is 10.6 Å². The molecule has 2 heterocycles. The minimum Gasteiger partial charge on any atom is -0.336 e. The molecule has 0 fully saturated rings. The Kier molecular flexibility index (Phi) is 3.78. The summed E-state index contributed by atoms with van der Waals surface area (Å²) in [6.07, 6.45) is 3.35. The van der Waals surface area contributed by atoms with Crippen LogP contribution in [0.2, 0.25) is 0 Å². The predicted molar refractivity (Wildman–Crippen MR) is 84.7 cm³/mol. The Morgan fingerprint density at radius 1 is 1.32 bits per heavy atom. The van der Waals surface area contributed by atoms with Gasteiger partial charge in [-0.2, -0.15) is 5.10 Å². The molecule has 2 aromatic heterocycles. The number of carbonyl (C=O) groups excluding carboxylic acids is 1. The van der Waals surface area contributed by atoms with Crippen LogP contribution in [-0.4, -0.2) is 31.9 Å². The number of nitrogens with one attached hydrogen (secondary N) is 2. The lowest BCUT2D eigenvalue weighted by molar-refractivity contribution is 0.251. The van der Waals surface area contributed by atoms with Gasteiger partial charge in [0, 0.05) is 26.3 Å². The fourth-order valence-electron chi connectivity index (χ4n) is 2.42. The first-order chi connectivity index (χ1) is 10.6. The molecular formula is C15H18N6O. The van der Waals surface area contributed by atoms with Gasteiger partial charge in [-0.15, -0.1) is 0 Å². The zero-order valence-electron chi connectivity index (χ0n) is 12.6. The van der Waals surface area contributed by atoms with Gasteiger partial charge in [0.1, 0.15) is 5.82 Å². The minimum atomic E-state index is -0.241. The van der Waals surface area contributed by atoms with E-state index in [9.17, 15) is 4.79 Å². The molecule has 2 amide bonds. The molecule has 1 aromatic carbocycles. The fourth-order valence-corrected chi connectivity index (χ4v) is 2.42. The Morgan fingerprint density at radius 3 is 2.91 bits per heavy atom. The maximum Gasteiger partial charge on any atom is 0.319 e. The van der Waals surface area contributed by atoms with Crippen molar-refractivity contribution in [3.05, 3.63) is 42.5 Å². The van der Waals surface area contributed by atoms with Gasteiger partial charge in [-0.05, 0) is 19.1 Å². The monoisotopic (exact) mass is 298 g/mol. The molecule has 0 bridgehead atoms. The Hall–Kier alpha value is -2.83. The van der Waals surface area contributed by atoms with E-state index >= 15 is 0 Å². The third-order valence-corrected chi connectivity index (χ3v) is 3.43. The molecule has 22 heavy (non-hydrogen) atoms. The van der Waals surface area contributed by atoms with Gasteiger partial charge in [-0.1, -0.05) is 12.1 Å². The second kappa shape index (κ2) is 5.88. The fraction of sp³-hybridized carbons (Fsp3) is 0.267. The third kappa shape index (κ3) is 2.93. The van der Waals surface area contributed by atoms with Crippen molar-refractivity contribution in [1.82, 2.24) is 24.6 Å². The smallest absolute Gasteiger partial charge is 0.319 e. The predicted octanol–water partition coefficient (Wildman–Crippen LogP) is 1.90. The summed E-state index contributed by atoms with van der Waals surface area (Å²) in [6.45, 7) is 3.16. The van der Waals surface area contributed by atoms with Crippen molar-refractivity contribution >= 4 is 22.8 Å². The van der Waals surface area contributed by atoms with Gasteiger partial charge in [-0.3, -0.25) is 4.68 Å². The molecule has 7 heteroatoms. The molecular weight excluding hydrogens is 280 g/mol. The average Bonchev–Trinajstić information content (AvgIpc) is 3.03. The summed E-state index contributed by atoms with van der Waals surface area (Å²) in [6, 6.07) is 7.74. The molecule has 0 saturated carbocycles. The van der Waals surface area contributed by atoms with Crippen LogP contribution in [0.5, 0.6) is 0 Å². The minimum absolute atomic E-state index is 0.241. The Labute approximate surface area is 128 Å². The average molecular weight is 298 g/mol. The van der Waals surface area contributed by atoms with E-state index < -0.39 is 0 Å². The van der Waals surface area contributed by atoms with Crippen molar-refractivity contribution in [2.75, 3.05) is 11.9 Å². The van der Waals surface area contributed by atoms with Crippen molar-refractivity contribution in [2.45, 2.75) is 13.5 Å². The number of carbonyl (C=O) groups is 1. The largest absolute Gasteiger partial charge is 0.336 e. The molecule has 0 aliphatic rings. The Balaban J connectivity index is 1.58. The summed E-state index contributed by atoms with van der Waals surface area (Å²) in [5.41, 5.74) is 2.72. The summed E-state index contributed by atoms with van der Waals surface area (Å²) < 4.78 is 3.73. The van der Waals surface area contributed by atoms with Crippen LogP contribution in [0.4, 0.5) is 10.5 Å².